The third-order valence-electron chi connectivity index (χ3n) is 2.52. The molecule has 2 nitrogen and oxygen atoms in total. The first-order valence-electron chi connectivity index (χ1n) is 6.11. The zero-order chi connectivity index (χ0) is 12.1. The van der Waals surface area contributed by atoms with Gasteiger partial charge in [0.1, 0.15) is 0 Å². The Morgan fingerprint density at radius 2 is 1.50 bits per heavy atom. The first-order valence-corrected chi connectivity index (χ1v) is 8.24. The lowest BCUT2D eigenvalue weighted by Crippen LogP contribution is -1.93. The minimum Gasteiger partial charge on any atom is -0.260 e. The zero-order valence-corrected chi connectivity index (χ0v) is 11.9. The molecule has 16 heavy (non-hydrogen) atoms. The standard InChI is InChI=1S/C12H23NOS2/c1-16(14)11-9-7-5-3-2-4-6-8-10-13-12-15/h2-11H2,1H3. The molecular weight excluding hydrogens is 238 g/mol. The molecule has 1 unspecified atom stereocenters. The lowest BCUT2D eigenvalue weighted by atomic mass is 10.1. The minimum absolute atomic E-state index is 0.604. The molecule has 0 bridgehead atoms. The highest BCUT2D eigenvalue weighted by Crippen LogP contribution is 2.08. The van der Waals surface area contributed by atoms with Crippen molar-refractivity contribution in [2.45, 2.75) is 51.4 Å². The Balaban J connectivity index is 2.98. The summed E-state index contributed by atoms with van der Waals surface area (Å²) in [4.78, 5) is 3.88. The van der Waals surface area contributed by atoms with Gasteiger partial charge in [-0.15, -0.1) is 0 Å². The molecule has 0 N–H and O–H groups in total. The second-order valence-corrected chi connectivity index (χ2v) is 5.82. The van der Waals surface area contributed by atoms with E-state index in [0.29, 0.717) is 0 Å². The maximum atomic E-state index is 10.8. The topological polar surface area (TPSA) is 29.4 Å². The van der Waals surface area contributed by atoms with E-state index < -0.39 is 10.8 Å². The van der Waals surface area contributed by atoms with Gasteiger partial charge in [0.05, 0.1) is 5.16 Å². The Hall–Kier alpha value is -0.0500. The van der Waals surface area contributed by atoms with Gasteiger partial charge in [-0.25, -0.2) is 4.99 Å². The van der Waals surface area contributed by atoms with Crippen molar-refractivity contribution in [2.75, 3.05) is 18.6 Å². The molecule has 0 aromatic carbocycles. The number of rotatable bonds is 11. The molecule has 0 heterocycles. The van der Waals surface area contributed by atoms with Crippen LogP contribution in [0.1, 0.15) is 51.4 Å². The number of hydrogen-bond donors (Lipinski definition) is 0. The smallest absolute Gasteiger partial charge is 0.0584 e. The summed E-state index contributed by atoms with van der Waals surface area (Å²) in [5.41, 5.74) is 0. The SMILES string of the molecule is CS(=O)CCCCCCCCCCN=C=S. The molecule has 0 saturated carbocycles. The van der Waals surface area contributed by atoms with Gasteiger partial charge in [-0.3, -0.25) is 4.21 Å². The van der Waals surface area contributed by atoms with E-state index in [4.69, 9.17) is 0 Å². The molecule has 1 atom stereocenters. The molecule has 0 amide bonds. The molecule has 94 valence electrons. The Kier molecular flexibility index (Phi) is 13.0. The van der Waals surface area contributed by atoms with E-state index in [1.165, 1.54) is 38.5 Å². The average Bonchev–Trinajstić information content (AvgIpc) is 2.25. The lowest BCUT2D eigenvalue weighted by Gasteiger charge is -2.00. The summed E-state index contributed by atoms with van der Waals surface area (Å²) >= 11 is 4.49. The van der Waals surface area contributed by atoms with Crippen LogP contribution in [0.2, 0.25) is 0 Å². The Morgan fingerprint density at radius 1 is 1.00 bits per heavy atom. The van der Waals surface area contributed by atoms with Crippen LogP contribution in [-0.2, 0) is 10.8 Å². The highest BCUT2D eigenvalue weighted by Gasteiger charge is 1.93. The monoisotopic (exact) mass is 261 g/mol. The van der Waals surface area contributed by atoms with Crippen molar-refractivity contribution in [3.05, 3.63) is 0 Å². The number of thiocarbonyl (C=S) groups is 1. The van der Waals surface area contributed by atoms with Crippen molar-refractivity contribution in [2.24, 2.45) is 4.99 Å². The van der Waals surface area contributed by atoms with E-state index >= 15 is 0 Å². The summed E-state index contributed by atoms with van der Waals surface area (Å²) in [6.07, 6.45) is 11.7. The summed E-state index contributed by atoms with van der Waals surface area (Å²) in [6, 6.07) is 0. The molecule has 0 aromatic rings. The molecule has 0 saturated heterocycles. The van der Waals surface area contributed by atoms with E-state index in [9.17, 15) is 4.21 Å². The molecule has 0 spiro atoms. The van der Waals surface area contributed by atoms with E-state index in [-0.39, 0.29) is 0 Å². The Morgan fingerprint density at radius 3 is 2.00 bits per heavy atom. The van der Waals surface area contributed by atoms with Gasteiger partial charge in [0.2, 0.25) is 0 Å². The fraction of sp³-hybridized carbons (Fsp3) is 0.917. The van der Waals surface area contributed by atoms with Crippen molar-refractivity contribution in [1.82, 2.24) is 0 Å². The van der Waals surface area contributed by atoms with E-state index in [2.05, 4.69) is 22.4 Å². The van der Waals surface area contributed by atoms with Crippen LogP contribution in [0.5, 0.6) is 0 Å². The van der Waals surface area contributed by atoms with Crippen LogP contribution >= 0.6 is 12.2 Å². The predicted molar refractivity (Wildman–Crippen MR) is 75.8 cm³/mol. The maximum absolute atomic E-state index is 10.8. The van der Waals surface area contributed by atoms with Crippen molar-refractivity contribution >= 4 is 28.2 Å². The van der Waals surface area contributed by atoms with Gasteiger partial charge in [-0.05, 0) is 25.1 Å². The van der Waals surface area contributed by atoms with Crippen molar-refractivity contribution in [3.8, 4) is 0 Å². The minimum atomic E-state index is -0.604. The molecule has 0 fully saturated rings. The van der Waals surface area contributed by atoms with E-state index in [0.717, 1.165) is 25.1 Å². The van der Waals surface area contributed by atoms with Crippen LogP contribution < -0.4 is 0 Å². The van der Waals surface area contributed by atoms with Crippen LogP contribution in [0.3, 0.4) is 0 Å². The molecule has 4 heteroatoms. The molecule has 0 aliphatic carbocycles. The van der Waals surface area contributed by atoms with Gasteiger partial charge in [0, 0.05) is 29.4 Å². The van der Waals surface area contributed by atoms with Gasteiger partial charge < -0.3 is 0 Å². The van der Waals surface area contributed by atoms with Gasteiger partial charge in [0.25, 0.3) is 0 Å². The van der Waals surface area contributed by atoms with Crippen LogP contribution in [0.25, 0.3) is 0 Å². The normalized spacial score (nSPS) is 12.1. The molecule has 0 radical (unpaired) electrons. The number of unbranched alkanes of at least 4 members (excludes halogenated alkanes) is 7. The number of nitrogens with zero attached hydrogens (tertiary/aromatic N) is 1. The number of isothiocyanates is 1. The summed E-state index contributed by atoms with van der Waals surface area (Å²) < 4.78 is 10.8. The number of hydrogen-bond acceptors (Lipinski definition) is 3. The van der Waals surface area contributed by atoms with Crippen LogP contribution in [-0.4, -0.2) is 27.9 Å². The predicted octanol–water partition coefficient (Wildman–Crippen LogP) is 3.59. The van der Waals surface area contributed by atoms with Gasteiger partial charge in [0.15, 0.2) is 0 Å². The third kappa shape index (κ3) is 13.9. The van der Waals surface area contributed by atoms with E-state index in [1.807, 2.05) is 0 Å². The van der Waals surface area contributed by atoms with Crippen molar-refractivity contribution in [3.63, 3.8) is 0 Å². The van der Waals surface area contributed by atoms with Gasteiger partial charge >= 0.3 is 0 Å². The van der Waals surface area contributed by atoms with Crippen LogP contribution in [0.15, 0.2) is 4.99 Å². The second kappa shape index (κ2) is 13.0. The van der Waals surface area contributed by atoms with Gasteiger partial charge in [-0.2, -0.15) is 0 Å². The molecule has 0 aliphatic rings. The molecular formula is C12H23NOS2. The zero-order valence-electron chi connectivity index (χ0n) is 10.2. The average molecular weight is 261 g/mol. The van der Waals surface area contributed by atoms with Crippen molar-refractivity contribution < 1.29 is 4.21 Å². The third-order valence-corrected chi connectivity index (χ3v) is 3.51. The fourth-order valence-corrected chi connectivity index (χ4v) is 2.30. The first-order chi connectivity index (χ1) is 7.77. The fourth-order valence-electron chi connectivity index (χ4n) is 1.60. The largest absolute Gasteiger partial charge is 0.260 e. The maximum Gasteiger partial charge on any atom is 0.0584 e. The summed E-state index contributed by atoms with van der Waals surface area (Å²) in [5, 5.41) is 2.39. The highest BCUT2D eigenvalue weighted by atomic mass is 32.2. The molecule has 0 aromatic heterocycles. The Bertz CT molecular complexity index is 215. The lowest BCUT2D eigenvalue weighted by molar-refractivity contribution is 0.578. The molecule has 0 aliphatic heterocycles. The van der Waals surface area contributed by atoms with Gasteiger partial charge in [-0.1, -0.05) is 38.5 Å². The quantitative estimate of drug-likeness (QED) is 0.323. The number of aliphatic imine (C=N–C) groups is 1. The van der Waals surface area contributed by atoms with Crippen molar-refractivity contribution in [1.29, 1.82) is 0 Å². The summed E-state index contributed by atoms with van der Waals surface area (Å²) in [5.74, 6) is 0.871. The Labute approximate surface area is 107 Å². The highest BCUT2D eigenvalue weighted by molar-refractivity contribution is 7.84. The van der Waals surface area contributed by atoms with Crippen LogP contribution in [0.4, 0.5) is 0 Å². The molecule has 0 rings (SSSR count). The summed E-state index contributed by atoms with van der Waals surface area (Å²) in [7, 11) is -0.604. The summed E-state index contributed by atoms with van der Waals surface area (Å²) in [6.45, 7) is 0.839. The second-order valence-electron chi connectivity index (χ2n) is 4.08. The van der Waals surface area contributed by atoms with Crippen LogP contribution in [0, 0.1) is 0 Å². The first kappa shape index (κ1) is 16.0. The van der Waals surface area contributed by atoms with E-state index in [1.54, 1.807) is 6.26 Å².